The number of para-hydroxylation sites is 1. The molecule has 0 aliphatic rings. The standard InChI is InChI=1S/C10H10ClNO4/c1-2-16-10-7(9(13)6-11)4-3-5-8(10)12(14)15/h3-5H,2,6H2,1H3. The van der Waals surface area contributed by atoms with Crippen LogP contribution in [0, 0.1) is 10.1 Å². The molecule has 0 amide bonds. The van der Waals surface area contributed by atoms with E-state index >= 15 is 0 Å². The molecule has 16 heavy (non-hydrogen) atoms. The first-order valence-electron chi connectivity index (χ1n) is 4.61. The Kier molecular flexibility index (Phi) is 4.25. The van der Waals surface area contributed by atoms with E-state index in [1.807, 2.05) is 0 Å². The molecule has 0 saturated carbocycles. The summed E-state index contributed by atoms with van der Waals surface area (Å²) in [5.41, 5.74) is -0.0798. The average molecular weight is 244 g/mol. The number of rotatable bonds is 5. The second-order valence-electron chi connectivity index (χ2n) is 2.90. The number of hydrogen-bond donors (Lipinski definition) is 0. The highest BCUT2D eigenvalue weighted by Crippen LogP contribution is 2.31. The van der Waals surface area contributed by atoms with Crippen LogP contribution in [0.25, 0.3) is 0 Å². The van der Waals surface area contributed by atoms with Crippen molar-refractivity contribution >= 4 is 23.1 Å². The number of nitrogens with zero attached hydrogens (tertiary/aromatic N) is 1. The summed E-state index contributed by atoms with van der Waals surface area (Å²) in [7, 11) is 0. The number of nitro benzene ring substituents is 1. The summed E-state index contributed by atoms with van der Waals surface area (Å²) in [6, 6.07) is 4.18. The van der Waals surface area contributed by atoms with Gasteiger partial charge in [0.2, 0.25) is 5.75 Å². The molecule has 0 unspecified atom stereocenters. The Bertz CT molecular complexity index is 419. The number of Topliss-reactive ketones (excluding diaryl/α,β-unsaturated/α-hetero) is 1. The maximum Gasteiger partial charge on any atom is 0.311 e. The van der Waals surface area contributed by atoms with Crippen LogP contribution in [0.4, 0.5) is 5.69 Å². The molecule has 5 nitrogen and oxygen atoms in total. The highest BCUT2D eigenvalue weighted by Gasteiger charge is 2.22. The van der Waals surface area contributed by atoms with Crippen LogP contribution >= 0.6 is 11.6 Å². The Morgan fingerprint density at radius 2 is 2.25 bits per heavy atom. The second kappa shape index (κ2) is 5.46. The predicted octanol–water partition coefficient (Wildman–Crippen LogP) is 2.42. The molecule has 0 aliphatic heterocycles. The molecule has 0 heterocycles. The lowest BCUT2D eigenvalue weighted by Crippen LogP contribution is -2.07. The van der Waals surface area contributed by atoms with Crippen molar-refractivity contribution in [2.75, 3.05) is 12.5 Å². The molecule has 0 fully saturated rings. The molecule has 0 aliphatic carbocycles. The first kappa shape index (κ1) is 12.4. The predicted molar refractivity (Wildman–Crippen MR) is 59.3 cm³/mol. The minimum absolute atomic E-state index is 0.0133. The highest BCUT2D eigenvalue weighted by atomic mass is 35.5. The monoisotopic (exact) mass is 243 g/mol. The third kappa shape index (κ3) is 2.49. The van der Waals surface area contributed by atoms with Gasteiger partial charge in [-0.3, -0.25) is 14.9 Å². The van der Waals surface area contributed by atoms with Crippen molar-refractivity contribution in [1.82, 2.24) is 0 Å². The van der Waals surface area contributed by atoms with Crippen molar-refractivity contribution in [3.63, 3.8) is 0 Å². The van der Waals surface area contributed by atoms with Gasteiger partial charge in [0.05, 0.1) is 23.0 Å². The maximum atomic E-state index is 11.4. The summed E-state index contributed by atoms with van der Waals surface area (Å²) in [6.07, 6.45) is 0. The van der Waals surface area contributed by atoms with Crippen molar-refractivity contribution in [2.24, 2.45) is 0 Å². The molecule has 86 valence electrons. The van der Waals surface area contributed by atoms with Gasteiger partial charge < -0.3 is 4.74 Å². The second-order valence-corrected chi connectivity index (χ2v) is 3.17. The van der Waals surface area contributed by atoms with Gasteiger partial charge in [0.15, 0.2) is 5.78 Å². The summed E-state index contributed by atoms with van der Waals surface area (Å²) in [5, 5.41) is 10.7. The summed E-state index contributed by atoms with van der Waals surface area (Å²) in [6.45, 7) is 1.93. The van der Waals surface area contributed by atoms with Crippen LogP contribution in [0.1, 0.15) is 17.3 Å². The van der Waals surface area contributed by atoms with Crippen molar-refractivity contribution in [3.8, 4) is 5.75 Å². The molecule has 1 aromatic carbocycles. The van der Waals surface area contributed by atoms with Crippen LogP contribution in [0.5, 0.6) is 5.75 Å². The number of carbonyl (C=O) groups is 1. The third-order valence-corrected chi connectivity index (χ3v) is 2.14. The van der Waals surface area contributed by atoms with E-state index in [1.54, 1.807) is 6.92 Å². The molecule has 6 heteroatoms. The molecule has 0 bridgehead atoms. The van der Waals surface area contributed by atoms with Crippen LogP contribution < -0.4 is 4.74 Å². The normalized spacial score (nSPS) is 9.88. The molecule has 0 atom stereocenters. The first-order valence-corrected chi connectivity index (χ1v) is 5.14. The Labute approximate surface area is 97.1 Å². The number of ether oxygens (including phenoxy) is 1. The van der Waals surface area contributed by atoms with Crippen molar-refractivity contribution in [1.29, 1.82) is 0 Å². The quantitative estimate of drug-likeness (QED) is 0.345. The van der Waals surface area contributed by atoms with E-state index in [9.17, 15) is 14.9 Å². The number of hydrogen-bond acceptors (Lipinski definition) is 4. The topological polar surface area (TPSA) is 69.4 Å². The third-order valence-electron chi connectivity index (χ3n) is 1.90. The van der Waals surface area contributed by atoms with E-state index in [0.717, 1.165) is 0 Å². The molecule has 1 aromatic rings. The van der Waals surface area contributed by atoms with Gasteiger partial charge in [0.1, 0.15) is 0 Å². The SMILES string of the molecule is CCOc1c(C(=O)CCl)cccc1[N+](=O)[O-]. The molecule has 0 saturated heterocycles. The van der Waals surface area contributed by atoms with Gasteiger partial charge in [0.25, 0.3) is 0 Å². The molecule has 0 aromatic heterocycles. The maximum absolute atomic E-state index is 11.4. The Hall–Kier alpha value is -1.62. The van der Waals surface area contributed by atoms with Crippen LogP contribution in [-0.2, 0) is 0 Å². The lowest BCUT2D eigenvalue weighted by Gasteiger charge is -2.08. The lowest BCUT2D eigenvalue weighted by atomic mass is 10.1. The highest BCUT2D eigenvalue weighted by molar-refractivity contribution is 6.30. The molecule has 0 radical (unpaired) electrons. The number of nitro groups is 1. The molecule has 0 N–H and O–H groups in total. The van der Waals surface area contributed by atoms with Crippen molar-refractivity contribution in [2.45, 2.75) is 6.92 Å². The molecule has 1 rings (SSSR count). The summed E-state index contributed by atoms with van der Waals surface area (Å²) < 4.78 is 5.13. The van der Waals surface area contributed by atoms with Gasteiger partial charge in [-0.15, -0.1) is 11.6 Å². The minimum atomic E-state index is -0.587. The van der Waals surface area contributed by atoms with Crippen molar-refractivity contribution in [3.05, 3.63) is 33.9 Å². The zero-order valence-corrected chi connectivity index (χ0v) is 9.36. The summed E-state index contributed by atoms with van der Waals surface area (Å²) in [5.74, 6) is -0.643. The van der Waals surface area contributed by atoms with Gasteiger partial charge in [-0.25, -0.2) is 0 Å². The van der Waals surface area contributed by atoms with E-state index in [0.29, 0.717) is 0 Å². The fourth-order valence-electron chi connectivity index (χ4n) is 1.26. The first-order chi connectivity index (χ1) is 7.61. The van der Waals surface area contributed by atoms with Crippen molar-refractivity contribution < 1.29 is 14.5 Å². The van der Waals surface area contributed by atoms with Gasteiger partial charge in [-0.05, 0) is 13.0 Å². The van der Waals surface area contributed by atoms with Gasteiger partial charge in [-0.1, -0.05) is 6.07 Å². The number of ketones is 1. The van der Waals surface area contributed by atoms with Crippen LogP contribution in [-0.4, -0.2) is 23.2 Å². The van der Waals surface area contributed by atoms with E-state index in [2.05, 4.69) is 0 Å². The zero-order valence-electron chi connectivity index (χ0n) is 8.60. The van der Waals surface area contributed by atoms with Crippen LogP contribution in [0.15, 0.2) is 18.2 Å². The average Bonchev–Trinajstić information content (AvgIpc) is 2.28. The number of halogens is 1. The molecular formula is C10H10ClNO4. The van der Waals surface area contributed by atoms with E-state index in [-0.39, 0.29) is 29.5 Å². The van der Waals surface area contributed by atoms with Crippen LogP contribution in [0.2, 0.25) is 0 Å². The minimum Gasteiger partial charge on any atom is -0.487 e. The number of alkyl halides is 1. The fraction of sp³-hybridized carbons (Fsp3) is 0.300. The Morgan fingerprint density at radius 1 is 1.56 bits per heavy atom. The van der Waals surface area contributed by atoms with E-state index in [1.165, 1.54) is 18.2 Å². The lowest BCUT2D eigenvalue weighted by molar-refractivity contribution is -0.385. The smallest absolute Gasteiger partial charge is 0.311 e. The van der Waals surface area contributed by atoms with Gasteiger partial charge >= 0.3 is 5.69 Å². The van der Waals surface area contributed by atoms with E-state index < -0.39 is 10.7 Å². The molecular weight excluding hydrogens is 234 g/mol. The van der Waals surface area contributed by atoms with Gasteiger partial charge in [-0.2, -0.15) is 0 Å². The van der Waals surface area contributed by atoms with Crippen LogP contribution in [0.3, 0.4) is 0 Å². The molecule has 0 spiro atoms. The number of carbonyl (C=O) groups excluding carboxylic acids is 1. The van der Waals surface area contributed by atoms with Gasteiger partial charge in [0, 0.05) is 6.07 Å². The summed E-state index contributed by atoms with van der Waals surface area (Å²) >= 11 is 5.42. The largest absolute Gasteiger partial charge is 0.487 e. The zero-order chi connectivity index (χ0) is 12.1. The Morgan fingerprint density at radius 3 is 2.75 bits per heavy atom. The number of benzene rings is 1. The fourth-order valence-corrected chi connectivity index (χ4v) is 1.40. The summed E-state index contributed by atoms with van der Waals surface area (Å²) in [4.78, 5) is 21.6. The van der Waals surface area contributed by atoms with E-state index in [4.69, 9.17) is 16.3 Å². The Balaban J connectivity index is 3.32.